The summed E-state index contributed by atoms with van der Waals surface area (Å²) >= 11 is 4.85. The van der Waals surface area contributed by atoms with E-state index in [0.717, 1.165) is 0 Å². The highest BCUT2D eigenvalue weighted by molar-refractivity contribution is 7.92. The molecule has 4 nitrogen and oxygen atoms in total. The van der Waals surface area contributed by atoms with Crippen molar-refractivity contribution in [3.05, 3.63) is 30.3 Å². The highest BCUT2D eigenvalue weighted by Crippen LogP contribution is 2.19. The summed E-state index contributed by atoms with van der Waals surface area (Å²) < 4.78 is 26.4. The van der Waals surface area contributed by atoms with Gasteiger partial charge in [-0.15, -0.1) is 0 Å². The molecule has 112 valence electrons. The molecule has 0 aromatic heterocycles. The van der Waals surface area contributed by atoms with Gasteiger partial charge in [-0.2, -0.15) is 0 Å². The molecule has 0 unspecified atom stereocenters. The molecule has 0 bridgehead atoms. The molecule has 0 spiro atoms. The van der Waals surface area contributed by atoms with E-state index in [-0.39, 0.29) is 5.75 Å². The maximum Gasteiger partial charge on any atom is 0.235 e. The largest absolute Gasteiger partial charge is 0.393 e. The molecule has 0 aliphatic heterocycles. The van der Waals surface area contributed by atoms with Crippen LogP contribution in [-0.4, -0.2) is 25.7 Å². The van der Waals surface area contributed by atoms with E-state index in [2.05, 4.69) is 0 Å². The van der Waals surface area contributed by atoms with Crippen LogP contribution in [0.15, 0.2) is 30.3 Å². The average Bonchev–Trinajstić information content (AvgIpc) is 2.37. The Kier molecular flexibility index (Phi) is 6.42. The molecular formula is C14H22N2O2S2. The first-order valence-electron chi connectivity index (χ1n) is 6.66. The van der Waals surface area contributed by atoms with Crippen molar-refractivity contribution in [1.82, 2.24) is 0 Å². The molecule has 0 atom stereocenters. The van der Waals surface area contributed by atoms with Crippen molar-refractivity contribution in [1.29, 1.82) is 0 Å². The lowest BCUT2D eigenvalue weighted by molar-refractivity contribution is 0.570. The fourth-order valence-electron chi connectivity index (χ4n) is 1.73. The molecule has 0 amide bonds. The van der Waals surface area contributed by atoms with Crippen LogP contribution in [0.25, 0.3) is 0 Å². The minimum Gasteiger partial charge on any atom is -0.393 e. The summed E-state index contributed by atoms with van der Waals surface area (Å²) in [4.78, 5) is 0.324. The third-order valence-corrected chi connectivity index (χ3v) is 4.92. The fraction of sp³-hybridized carbons (Fsp3) is 0.500. The predicted octanol–water partition coefficient (Wildman–Crippen LogP) is 2.55. The first-order chi connectivity index (χ1) is 9.33. The summed E-state index contributed by atoms with van der Waals surface area (Å²) in [6.45, 7) is 4.31. The second-order valence-electron chi connectivity index (χ2n) is 5.12. The molecule has 0 saturated carbocycles. The molecule has 0 aliphatic rings. The first-order valence-corrected chi connectivity index (χ1v) is 8.68. The van der Waals surface area contributed by atoms with E-state index in [1.54, 1.807) is 12.1 Å². The van der Waals surface area contributed by atoms with Crippen LogP contribution in [0.4, 0.5) is 5.69 Å². The maximum atomic E-state index is 12.5. The van der Waals surface area contributed by atoms with Crippen molar-refractivity contribution in [3.8, 4) is 0 Å². The number of sulfonamides is 1. The Bertz CT molecular complexity index is 527. The zero-order valence-electron chi connectivity index (χ0n) is 12.0. The Hall–Kier alpha value is -1.14. The Morgan fingerprint density at radius 1 is 1.30 bits per heavy atom. The Morgan fingerprint density at radius 2 is 1.90 bits per heavy atom. The average molecular weight is 314 g/mol. The van der Waals surface area contributed by atoms with Gasteiger partial charge in [0.2, 0.25) is 10.0 Å². The number of anilines is 1. The maximum absolute atomic E-state index is 12.5. The normalized spacial score (nSPS) is 11.6. The molecule has 20 heavy (non-hydrogen) atoms. The van der Waals surface area contributed by atoms with Crippen LogP contribution < -0.4 is 10.0 Å². The second-order valence-corrected chi connectivity index (χ2v) is 7.66. The van der Waals surface area contributed by atoms with Crippen LogP contribution in [0.1, 0.15) is 26.7 Å². The Balaban J connectivity index is 2.95. The van der Waals surface area contributed by atoms with E-state index in [0.29, 0.717) is 36.0 Å². The molecule has 1 rings (SSSR count). The predicted molar refractivity (Wildman–Crippen MR) is 88.4 cm³/mol. The van der Waals surface area contributed by atoms with Crippen molar-refractivity contribution in [2.75, 3.05) is 16.6 Å². The highest BCUT2D eigenvalue weighted by Gasteiger charge is 2.22. The van der Waals surface area contributed by atoms with Gasteiger partial charge in [-0.1, -0.05) is 44.3 Å². The second kappa shape index (κ2) is 7.59. The smallest absolute Gasteiger partial charge is 0.235 e. The fourth-order valence-corrected chi connectivity index (χ4v) is 3.62. The van der Waals surface area contributed by atoms with Crippen LogP contribution in [-0.2, 0) is 10.0 Å². The van der Waals surface area contributed by atoms with E-state index in [4.69, 9.17) is 18.0 Å². The monoisotopic (exact) mass is 314 g/mol. The highest BCUT2D eigenvalue weighted by atomic mass is 32.2. The van der Waals surface area contributed by atoms with Gasteiger partial charge in [0.25, 0.3) is 0 Å². The number of rotatable bonds is 8. The quantitative estimate of drug-likeness (QED) is 0.749. The minimum absolute atomic E-state index is 0.136. The summed E-state index contributed by atoms with van der Waals surface area (Å²) in [7, 11) is -3.35. The third kappa shape index (κ3) is 5.46. The van der Waals surface area contributed by atoms with Crippen molar-refractivity contribution >= 4 is 32.9 Å². The number of thiocarbonyl (C=S) groups is 1. The van der Waals surface area contributed by atoms with Gasteiger partial charge >= 0.3 is 0 Å². The van der Waals surface area contributed by atoms with Crippen LogP contribution in [0.3, 0.4) is 0 Å². The molecule has 2 N–H and O–H groups in total. The van der Waals surface area contributed by atoms with Gasteiger partial charge in [-0.3, -0.25) is 4.31 Å². The van der Waals surface area contributed by atoms with Gasteiger partial charge in [0, 0.05) is 13.0 Å². The summed E-state index contributed by atoms with van der Waals surface area (Å²) in [6.07, 6.45) is 1.02. The lowest BCUT2D eigenvalue weighted by Crippen LogP contribution is -2.35. The van der Waals surface area contributed by atoms with Gasteiger partial charge < -0.3 is 5.73 Å². The Morgan fingerprint density at radius 3 is 2.40 bits per heavy atom. The number of nitrogens with two attached hydrogens (primary N) is 1. The van der Waals surface area contributed by atoms with Crippen LogP contribution in [0.5, 0.6) is 0 Å². The summed E-state index contributed by atoms with van der Waals surface area (Å²) in [5.41, 5.74) is 6.15. The number of hydrogen-bond donors (Lipinski definition) is 1. The van der Waals surface area contributed by atoms with Crippen molar-refractivity contribution < 1.29 is 8.42 Å². The van der Waals surface area contributed by atoms with Crippen molar-refractivity contribution in [2.24, 2.45) is 11.7 Å². The summed E-state index contributed by atoms with van der Waals surface area (Å²) in [5.74, 6) is 0.481. The molecule has 1 aromatic carbocycles. The van der Waals surface area contributed by atoms with Gasteiger partial charge in [0.1, 0.15) is 0 Å². The van der Waals surface area contributed by atoms with Gasteiger partial charge in [-0.25, -0.2) is 8.42 Å². The zero-order valence-corrected chi connectivity index (χ0v) is 13.6. The van der Waals surface area contributed by atoms with Gasteiger partial charge in [-0.05, 0) is 24.5 Å². The summed E-state index contributed by atoms with van der Waals surface area (Å²) in [6, 6.07) is 9.07. The van der Waals surface area contributed by atoms with Gasteiger partial charge in [0.15, 0.2) is 0 Å². The molecule has 0 aliphatic carbocycles. The lowest BCUT2D eigenvalue weighted by Gasteiger charge is -2.24. The molecule has 6 heteroatoms. The summed E-state index contributed by atoms with van der Waals surface area (Å²) in [5, 5.41) is 0. The third-order valence-electron chi connectivity index (χ3n) is 2.89. The van der Waals surface area contributed by atoms with Crippen LogP contribution >= 0.6 is 12.2 Å². The Labute approximate surface area is 127 Å². The SMILES string of the molecule is CC(C)CCS(=O)(=O)N(CCC(N)=S)c1ccccc1. The van der Waals surface area contributed by atoms with Crippen molar-refractivity contribution in [2.45, 2.75) is 26.7 Å². The number of para-hydroxylation sites is 1. The molecule has 0 radical (unpaired) electrons. The van der Waals surface area contributed by atoms with E-state index >= 15 is 0 Å². The van der Waals surface area contributed by atoms with Crippen molar-refractivity contribution in [3.63, 3.8) is 0 Å². The van der Waals surface area contributed by atoms with E-state index in [1.165, 1.54) is 4.31 Å². The lowest BCUT2D eigenvalue weighted by atomic mass is 10.2. The first kappa shape index (κ1) is 16.9. The van der Waals surface area contributed by atoms with E-state index in [9.17, 15) is 8.42 Å². The molecule has 0 heterocycles. The number of hydrogen-bond acceptors (Lipinski definition) is 3. The zero-order chi connectivity index (χ0) is 15.2. The molecule has 1 aromatic rings. The van der Waals surface area contributed by atoms with Crippen LogP contribution in [0, 0.1) is 5.92 Å². The number of nitrogens with zero attached hydrogens (tertiary/aromatic N) is 1. The standard InChI is InChI=1S/C14H22N2O2S2/c1-12(2)9-11-20(17,18)16(10-8-14(15)19)13-6-4-3-5-7-13/h3-7,12H,8-11H2,1-2H3,(H2,15,19). The van der Waals surface area contributed by atoms with E-state index in [1.807, 2.05) is 32.0 Å². The molecule has 0 saturated heterocycles. The molecule has 0 fully saturated rings. The van der Waals surface area contributed by atoms with E-state index < -0.39 is 10.0 Å². The number of benzene rings is 1. The topological polar surface area (TPSA) is 63.4 Å². The van der Waals surface area contributed by atoms with Gasteiger partial charge in [0.05, 0.1) is 16.4 Å². The van der Waals surface area contributed by atoms with Crippen LogP contribution in [0.2, 0.25) is 0 Å². The molecular weight excluding hydrogens is 292 g/mol. The minimum atomic E-state index is -3.35.